The molecular weight excluding hydrogens is 342 g/mol. The van der Waals surface area contributed by atoms with Crippen LogP contribution in [0.3, 0.4) is 0 Å². The summed E-state index contributed by atoms with van der Waals surface area (Å²) >= 11 is 1.13. The van der Waals surface area contributed by atoms with E-state index in [4.69, 9.17) is 4.52 Å². The molecule has 0 aliphatic rings. The van der Waals surface area contributed by atoms with Gasteiger partial charge in [0.25, 0.3) is 10.9 Å². The molecule has 2 aromatic carbocycles. The highest BCUT2D eigenvalue weighted by molar-refractivity contribution is 7.99. The van der Waals surface area contributed by atoms with Crippen LogP contribution in [0, 0.1) is 17.0 Å². The molecule has 0 aliphatic carbocycles. The van der Waals surface area contributed by atoms with Crippen molar-refractivity contribution in [2.45, 2.75) is 12.1 Å². The molecule has 1 aromatic heterocycles. The number of Topliss-reactive ketones (excluding diaryl/α,β-unsaturated/α-hetero) is 1. The van der Waals surface area contributed by atoms with E-state index in [9.17, 15) is 14.9 Å². The fourth-order valence-corrected chi connectivity index (χ4v) is 2.73. The number of aryl methyl sites for hydroxylation is 1. The van der Waals surface area contributed by atoms with Crippen molar-refractivity contribution in [1.82, 2.24) is 10.1 Å². The van der Waals surface area contributed by atoms with E-state index in [-0.39, 0.29) is 17.2 Å². The van der Waals surface area contributed by atoms with Crippen molar-refractivity contribution in [2.24, 2.45) is 0 Å². The minimum atomic E-state index is -0.506. The summed E-state index contributed by atoms with van der Waals surface area (Å²) < 4.78 is 5.15. The van der Waals surface area contributed by atoms with Gasteiger partial charge in [-0.2, -0.15) is 4.98 Å². The van der Waals surface area contributed by atoms with Gasteiger partial charge < -0.3 is 4.52 Å². The standard InChI is InChI=1S/C17H13N3O4S/c1-11-2-4-13(5-3-11)16-18-17(24-19-16)25-10-15(21)12-6-8-14(9-7-12)20(22)23/h2-9H,10H2,1H3. The van der Waals surface area contributed by atoms with Crippen LogP contribution in [0.2, 0.25) is 0 Å². The number of thioether (sulfide) groups is 1. The number of benzene rings is 2. The Morgan fingerprint density at radius 3 is 2.48 bits per heavy atom. The van der Waals surface area contributed by atoms with Crippen LogP contribution < -0.4 is 0 Å². The van der Waals surface area contributed by atoms with Gasteiger partial charge in [0, 0.05) is 23.3 Å². The molecule has 0 N–H and O–H groups in total. The lowest BCUT2D eigenvalue weighted by molar-refractivity contribution is -0.384. The van der Waals surface area contributed by atoms with Gasteiger partial charge in [-0.25, -0.2) is 0 Å². The molecule has 126 valence electrons. The Hall–Kier alpha value is -3.00. The first-order chi connectivity index (χ1) is 12.0. The number of rotatable bonds is 6. The maximum atomic E-state index is 12.1. The number of nitro groups is 1. The van der Waals surface area contributed by atoms with Crippen LogP contribution in [0.4, 0.5) is 5.69 Å². The van der Waals surface area contributed by atoms with Crippen molar-refractivity contribution in [3.05, 3.63) is 69.8 Å². The number of nitrogens with zero attached hydrogens (tertiary/aromatic N) is 3. The first-order valence-corrected chi connectivity index (χ1v) is 8.33. The predicted octanol–water partition coefficient (Wildman–Crippen LogP) is 3.93. The van der Waals surface area contributed by atoms with E-state index < -0.39 is 4.92 Å². The molecule has 0 atom stereocenters. The van der Waals surface area contributed by atoms with Gasteiger partial charge in [-0.05, 0) is 19.1 Å². The molecule has 0 amide bonds. The highest BCUT2D eigenvalue weighted by Gasteiger charge is 2.13. The van der Waals surface area contributed by atoms with Crippen molar-refractivity contribution in [3.8, 4) is 11.4 Å². The topological polar surface area (TPSA) is 99.1 Å². The summed E-state index contributed by atoms with van der Waals surface area (Å²) in [5.74, 6) is 0.396. The second kappa shape index (κ2) is 7.27. The van der Waals surface area contributed by atoms with E-state index >= 15 is 0 Å². The van der Waals surface area contributed by atoms with Gasteiger partial charge >= 0.3 is 0 Å². The number of ketones is 1. The van der Waals surface area contributed by atoms with Crippen molar-refractivity contribution in [2.75, 3.05) is 5.75 Å². The molecule has 0 fully saturated rings. The first kappa shape index (κ1) is 16.8. The molecule has 7 nitrogen and oxygen atoms in total. The zero-order valence-electron chi connectivity index (χ0n) is 13.2. The van der Waals surface area contributed by atoms with Gasteiger partial charge in [-0.1, -0.05) is 46.7 Å². The number of non-ortho nitro benzene ring substituents is 1. The number of hydrogen-bond acceptors (Lipinski definition) is 7. The molecule has 1 heterocycles. The maximum Gasteiger partial charge on any atom is 0.286 e. The van der Waals surface area contributed by atoms with Gasteiger partial charge in [0.05, 0.1) is 10.7 Å². The normalized spacial score (nSPS) is 10.6. The quantitative estimate of drug-likeness (QED) is 0.286. The monoisotopic (exact) mass is 355 g/mol. The Kier molecular flexibility index (Phi) is 4.90. The van der Waals surface area contributed by atoms with E-state index in [1.807, 2.05) is 31.2 Å². The third-order valence-corrected chi connectivity index (χ3v) is 4.26. The second-order valence-corrected chi connectivity index (χ2v) is 6.19. The summed E-state index contributed by atoms with van der Waals surface area (Å²) in [4.78, 5) is 26.5. The minimum Gasteiger partial charge on any atom is -0.327 e. The number of hydrogen-bond donors (Lipinski definition) is 0. The zero-order valence-corrected chi connectivity index (χ0v) is 14.0. The molecule has 8 heteroatoms. The van der Waals surface area contributed by atoms with Gasteiger partial charge in [0.1, 0.15) is 0 Å². The predicted molar refractivity (Wildman–Crippen MR) is 92.6 cm³/mol. The molecule has 0 unspecified atom stereocenters. The van der Waals surface area contributed by atoms with Gasteiger partial charge in [-0.15, -0.1) is 0 Å². The van der Waals surface area contributed by atoms with Crippen molar-refractivity contribution in [3.63, 3.8) is 0 Å². The summed E-state index contributed by atoms with van der Waals surface area (Å²) in [5, 5.41) is 14.8. The molecule has 25 heavy (non-hydrogen) atoms. The summed E-state index contributed by atoms with van der Waals surface area (Å²) in [6, 6.07) is 13.2. The van der Waals surface area contributed by atoms with E-state index in [0.29, 0.717) is 16.6 Å². The van der Waals surface area contributed by atoms with E-state index in [2.05, 4.69) is 10.1 Å². The average Bonchev–Trinajstić information content (AvgIpc) is 3.09. The Bertz CT molecular complexity index is 904. The Balaban J connectivity index is 1.62. The summed E-state index contributed by atoms with van der Waals surface area (Å²) in [6.45, 7) is 1.99. The van der Waals surface area contributed by atoms with Crippen LogP contribution in [0.15, 0.2) is 58.3 Å². The Morgan fingerprint density at radius 2 is 1.84 bits per heavy atom. The lowest BCUT2D eigenvalue weighted by Gasteiger charge is -1.98. The fourth-order valence-electron chi connectivity index (χ4n) is 2.07. The van der Waals surface area contributed by atoms with E-state index in [1.165, 1.54) is 24.3 Å². The number of nitro benzene ring substituents is 1. The van der Waals surface area contributed by atoms with Gasteiger partial charge in [-0.3, -0.25) is 14.9 Å². The smallest absolute Gasteiger partial charge is 0.286 e. The lowest BCUT2D eigenvalue weighted by atomic mass is 10.1. The molecule has 3 aromatic rings. The zero-order chi connectivity index (χ0) is 17.8. The van der Waals surface area contributed by atoms with Crippen LogP contribution in [-0.2, 0) is 0 Å². The van der Waals surface area contributed by atoms with Crippen LogP contribution in [0.1, 0.15) is 15.9 Å². The van der Waals surface area contributed by atoms with E-state index in [1.54, 1.807) is 0 Å². The van der Waals surface area contributed by atoms with Crippen LogP contribution >= 0.6 is 11.8 Å². The summed E-state index contributed by atoms with van der Waals surface area (Å²) in [7, 11) is 0. The maximum absolute atomic E-state index is 12.1. The molecule has 0 aliphatic heterocycles. The SMILES string of the molecule is Cc1ccc(-c2noc(SCC(=O)c3ccc([N+](=O)[O-])cc3)n2)cc1. The Labute approximate surface area is 147 Å². The second-order valence-electron chi connectivity index (χ2n) is 5.27. The number of carbonyl (C=O) groups excluding carboxylic acids is 1. The summed E-state index contributed by atoms with van der Waals surface area (Å²) in [5.41, 5.74) is 2.32. The molecule has 0 bridgehead atoms. The third kappa shape index (κ3) is 4.10. The highest BCUT2D eigenvalue weighted by Crippen LogP contribution is 2.23. The third-order valence-electron chi connectivity index (χ3n) is 3.44. The number of aromatic nitrogens is 2. The largest absolute Gasteiger partial charge is 0.327 e. The molecule has 0 spiro atoms. The molecular formula is C17H13N3O4S. The Morgan fingerprint density at radius 1 is 1.16 bits per heavy atom. The minimum absolute atomic E-state index is 0.0520. The molecule has 0 radical (unpaired) electrons. The fraction of sp³-hybridized carbons (Fsp3) is 0.118. The van der Waals surface area contributed by atoms with Crippen molar-refractivity contribution < 1.29 is 14.2 Å². The van der Waals surface area contributed by atoms with Gasteiger partial charge in [0.15, 0.2) is 5.78 Å². The molecule has 0 saturated carbocycles. The van der Waals surface area contributed by atoms with E-state index in [0.717, 1.165) is 22.9 Å². The molecule has 0 saturated heterocycles. The molecule has 3 rings (SSSR count). The lowest BCUT2D eigenvalue weighted by Crippen LogP contribution is -2.02. The van der Waals surface area contributed by atoms with Crippen molar-refractivity contribution >= 4 is 23.2 Å². The van der Waals surface area contributed by atoms with Crippen molar-refractivity contribution in [1.29, 1.82) is 0 Å². The van der Waals surface area contributed by atoms with Crippen LogP contribution in [0.5, 0.6) is 0 Å². The van der Waals surface area contributed by atoms with Crippen LogP contribution in [-0.4, -0.2) is 26.6 Å². The van der Waals surface area contributed by atoms with Gasteiger partial charge in [0.2, 0.25) is 5.82 Å². The number of carbonyl (C=O) groups is 1. The summed E-state index contributed by atoms with van der Waals surface area (Å²) in [6.07, 6.45) is 0. The highest BCUT2D eigenvalue weighted by atomic mass is 32.2. The first-order valence-electron chi connectivity index (χ1n) is 7.34. The van der Waals surface area contributed by atoms with Crippen LogP contribution in [0.25, 0.3) is 11.4 Å². The average molecular weight is 355 g/mol.